The van der Waals surface area contributed by atoms with E-state index >= 15 is 0 Å². The molecule has 0 saturated carbocycles. The minimum atomic E-state index is 0.472. The standard InChI is InChI=1S/C10H15NOS/c1-2-8-12-10(13)11-9-6-4-3-5-7-9/h4,6-7H,2-3,5,8H2,1H3,(H,11,13). The van der Waals surface area contributed by atoms with Crippen LogP contribution in [0.5, 0.6) is 0 Å². The minimum absolute atomic E-state index is 0.472. The van der Waals surface area contributed by atoms with E-state index in [0.717, 1.165) is 25.0 Å². The third-order valence-electron chi connectivity index (χ3n) is 1.68. The van der Waals surface area contributed by atoms with Gasteiger partial charge in [-0.2, -0.15) is 0 Å². The van der Waals surface area contributed by atoms with Crippen LogP contribution in [0.1, 0.15) is 26.2 Å². The van der Waals surface area contributed by atoms with Crippen molar-refractivity contribution in [2.45, 2.75) is 26.2 Å². The molecule has 0 radical (unpaired) electrons. The van der Waals surface area contributed by atoms with Crippen molar-refractivity contribution in [3.63, 3.8) is 0 Å². The molecule has 0 heterocycles. The Bertz CT molecular complexity index is 233. The van der Waals surface area contributed by atoms with Gasteiger partial charge in [-0.1, -0.05) is 19.1 Å². The zero-order valence-corrected chi connectivity index (χ0v) is 8.69. The Morgan fingerprint density at radius 2 is 2.46 bits per heavy atom. The van der Waals surface area contributed by atoms with Gasteiger partial charge in [0.1, 0.15) is 0 Å². The minimum Gasteiger partial charge on any atom is -0.471 e. The van der Waals surface area contributed by atoms with E-state index in [2.05, 4.69) is 24.4 Å². The average molecular weight is 197 g/mol. The summed E-state index contributed by atoms with van der Waals surface area (Å²) in [5.41, 5.74) is 1.05. The highest BCUT2D eigenvalue weighted by atomic mass is 32.1. The molecule has 0 aromatic rings. The van der Waals surface area contributed by atoms with Crippen LogP contribution in [0.3, 0.4) is 0 Å². The lowest BCUT2D eigenvalue weighted by Gasteiger charge is -2.11. The van der Waals surface area contributed by atoms with Crippen molar-refractivity contribution < 1.29 is 4.74 Å². The molecule has 2 nitrogen and oxygen atoms in total. The van der Waals surface area contributed by atoms with E-state index in [1.54, 1.807) is 0 Å². The lowest BCUT2D eigenvalue weighted by Crippen LogP contribution is -2.23. The van der Waals surface area contributed by atoms with Gasteiger partial charge in [0, 0.05) is 5.70 Å². The smallest absolute Gasteiger partial charge is 0.261 e. The molecule has 13 heavy (non-hydrogen) atoms. The monoisotopic (exact) mass is 197 g/mol. The first-order valence-electron chi connectivity index (χ1n) is 4.63. The van der Waals surface area contributed by atoms with Crippen molar-refractivity contribution in [2.75, 3.05) is 6.61 Å². The van der Waals surface area contributed by atoms with Crippen molar-refractivity contribution in [3.8, 4) is 0 Å². The van der Waals surface area contributed by atoms with E-state index in [1.165, 1.54) is 0 Å². The van der Waals surface area contributed by atoms with Gasteiger partial charge in [0.15, 0.2) is 0 Å². The van der Waals surface area contributed by atoms with Crippen LogP contribution in [0.4, 0.5) is 0 Å². The maximum atomic E-state index is 5.24. The highest BCUT2D eigenvalue weighted by molar-refractivity contribution is 7.80. The number of rotatable bonds is 3. The second kappa shape index (κ2) is 5.75. The van der Waals surface area contributed by atoms with Crippen molar-refractivity contribution >= 4 is 17.4 Å². The Morgan fingerprint density at radius 1 is 1.62 bits per heavy atom. The summed E-state index contributed by atoms with van der Waals surface area (Å²) in [4.78, 5) is 0. The van der Waals surface area contributed by atoms with Gasteiger partial charge in [0.25, 0.3) is 5.17 Å². The molecular weight excluding hydrogens is 182 g/mol. The molecular formula is C10H15NOS. The van der Waals surface area contributed by atoms with Crippen molar-refractivity contribution in [3.05, 3.63) is 23.9 Å². The third kappa shape index (κ3) is 4.08. The van der Waals surface area contributed by atoms with Crippen LogP contribution >= 0.6 is 12.2 Å². The van der Waals surface area contributed by atoms with E-state index in [9.17, 15) is 0 Å². The van der Waals surface area contributed by atoms with E-state index in [0.29, 0.717) is 11.8 Å². The van der Waals surface area contributed by atoms with Gasteiger partial charge >= 0.3 is 0 Å². The molecule has 3 heteroatoms. The maximum absolute atomic E-state index is 5.24. The van der Waals surface area contributed by atoms with Gasteiger partial charge in [-0.15, -0.1) is 0 Å². The molecule has 0 spiro atoms. The van der Waals surface area contributed by atoms with Crippen LogP contribution in [0.2, 0.25) is 0 Å². The largest absolute Gasteiger partial charge is 0.471 e. The first kappa shape index (κ1) is 10.3. The van der Waals surface area contributed by atoms with Crippen molar-refractivity contribution in [2.24, 2.45) is 0 Å². The fourth-order valence-corrected chi connectivity index (χ4v) is 1.26. The van der Waals surface area contributed by atoms with Crippen LogP contribution in [-0.2, 0) is 4.74 Å². The van der Waals surface area contributed by atoms with Crippen LogP contribution < -0.4 is 5.32 Å². The van der Waals surface area contributed by atoms with E-state index < -0.39 is 0 Å². The molecule has 1 rings (SSSR count). The molecule has 0 aliphatic heterocycles. The second-order valence-electron chi connectivity index (χ2n) is 2.90. The lowest BCUT2D eigenvalue weighted by atomic mass is 10.1. The van der Waals surface area contributed by atoms with Gasteiger partial charge in [-0.05, 0) is 37.6 Å². The Balaban J connectivity index is 2.27. The molecule has 0 bridgehead atoms. The summed E-state index contributed by atoms with van der Waals surface area (Å²) in [5.74, 6) is 0. The number of nitrogens with one attached hydrogen (secondary N) is 1. The number of hydrogen-bond donors (Lipinski definition) is 1. The van der Waals surface area contributed by atoms with Gasteiger partial charge in [-0.25, -0.2) is 0 Å². The average Bonchev–Trinajstić information content (AvgIpc) is 2.16. The van der Waals surface area contributed by atoms with Crippen molar-refractivity contribution in [1.82, 2.24) is 5.32 Å². The first-order valence-corrected chi connectivity index (χ1v) is 5.04. The normalized spacial score (nSPS) is 15.0. The Labute approximate surface area is 84.7 Å². The molecule has 1 aliphatic rings. The fourth-order valence-electron chi connectivity index (χ4n) is 1.05. The van der Waals surface area contributed by atoms with Crippen LogP contribution in [-0.4, -0.2) is 11.8 Å². The van der Waals surface area contributed by atoms with Crippen molar-refractivity contribution in [1.29, 1.82) is 0 Å². The van der Waals surface area contributed by atoms with Crippen LogP contribution in [0.25, 0.3) is 0 Å². The summed E-state index contributed by atoms with van der Waals surface area (Å²) in [7, 11) is 0. The van der Waals surface area contributed by atoms with Crippen LogP contribution in [0, 0.1) is 0 Å². The molecule has 0 fully saturated rings. The predicted molar refractivity (Wildman–Crippen MR) is 58.4 cm³/mol. The molecule has 72 valence electrons. The van der Waals surface area contributed by atoms with E-state index in [1.807, 2.05) is 6.08 Å². The highest BCUT2D eigenvalue weighted by Gasteiger charge is 2.00. The number of thiocarbonyl (C=S) groups is 1. The summed E-state index contributed by atoms with van der Waals surface area (Å²) in [6.45, 7) is 2.74. The van der Waals surface area contributed by atoms with Gasteiger partial charge in [-0.3, -0.25) is 0 Å². The number of allylic oxidation sites excluding steroid dienone is 3. The molecule has 0 saturated heterocycles. The van der Waals surface area contributed by atoms with E-state index in [4.69, 9.17) is 17.0 Å². The fraction of sp³-hybridized carbons (Fsp3) is 0.500. The summed E-state index contributed by atoms with van der Waals surface area (Å²) in [6, 6.07) is 0. The van der Waals surface area contributed by atoms with Gasteiger partial charge in [0.05, 0.1) is 6.61 Å². The summed E-state index contributed by atoms with van der Waals surface area (Å²) < 4.78 is 5.24. The molecule has 0 atom stereocenters. The Hall–Kier alpha value is -0.830. The quantitative estimate of drug-likeness (QED) is 0.702. The highest BCUT2D eigenvalue weighted by Crippen LogP contribution is 2.06. The second-order valence-corrected chi connectivity index (χ2v) is 3.27. The zero-order valence-electron chi connectivity index (χ0n) is 7.88. The Kier molecular flexibility index (Phi) is 4.54. The molecule has 0 amide bonds. The molecule has 0 unspecified atom stereocenters. The first-order chi connectivity index (χ1) is 6.33. The van der Waals surface area contributed by atoms with Crippen LogP contribution in [0.15, 0.2) is 23.9 Å². The molecule has 0 aromatic heterocycles. The third-order valence-corrected chi connectivity index (χ3v) is 1.90. The topological polar surface area (TPSA) is 21.3 Å². The predicted octanol–water partition coefficient (Wildman–Crippen LogP) is 2.52. The maximum Gasteiger partial charge on any atom is 0.261 e. The molecule has 1 aliphatic carbocycles. The molecule has 0 aromatic carbocycles. The summed E-state index contributed by atoms with van der Waals surface area (Å²) in [6.07, 6.45) is 9.47. The van der Waals surface area contributed by atoms with Gasteiger partial charge in [0.2, 0.25) is 0 Å². The number of ether oxygens (including phenoxy) is 1. The summed E-state index contributed by atoms with van der Waals surface area (Å²) in [5, 5.41) is 3.51. The SMILES string of the molecule is CCCOC(=S)NC1=CCCC=C1. The number of hydrogen-bond acceptors (Lipinski definition) is 2. The van der Waals surface area contributed by atoms with Gasteiger partial charge < -0.3 is 10.1 Å². The molecule has 1 N–H and O–H groups in total. The zero-order chi connectivity index (χ0) is 9.52. The Morgan fingerprint density at radius 3 is 3.08 bits per heavy atom. The summed E-state index contributed by atoms with van der Waals surface area (Å²) >= 11 is 4.99. The lowest BCUT2D eigenvalue weighted by molar-refractivity contribution is 0.302. The van der Waals surface area contributed by atoms with E-state index in [-0.39, 0.29) is 0 Å².